The number of Topliss-reactive ketones (excluding diaryl/α,β-unsaturated/α-hetero) is 1. The number of methoxy groups -OCH3 is 2. The molecule has 1 heterocycles. The fraction of sp³-hybridized carbons (Fsp3) is 0.200. The van der Waals surface area contributed by atoms with Crippen LogP contribution in [0.25, 0.3) is 11.0 Å². The van der Waals surface area contributed by atoms with Crippen LogP contribution in [0.5, 0.6) is 11.5 Å². The average molecular weight is 372 g/mol. The van der Waals surface area contributed by atoms with Crippen molar-refractivity contribution in [2.75, 3.05) is 20.8 Å². The summed E-state index contributed by atoms with van der Waals surface area (Å²) in [6.07, 6.45) is 0. The van der Waals surface area contributed by atoms with Crippen LogP contribution in [-0.2, 0) is 4.74 Å². The molecule has 0 aliphatic carbocycles. The topological polar surface area (TPSA) is 75.0 Å². The molecule has 0 atom stereocenters. The molecular formula is C20H17FO6. The molecule has 27 heavy (non-hydrogen) atoms. The van der Waals surface area contributed by atoms with E-state index in [4.69, 9.17) is 18.6 Å². The maximum absolute atomic E-state index is 13.8. The van der Waals surface area contributed by atoms with Gasteiger partial charge in [-0.1, -0.05) is 12.1 Å². The van der Waals surface area contributed by atoms with Crippen LogP contribution in [0.4, 0.5) is 4.39 Å². The first-order valence-electron chi connectivity index (χ1n) is 8.06. The second-order valence-corrected chi connectivity index (χ2v) is 5.74. The van der Waals surface area contributed by atoms with Gasteiger partial charge in [-0.25, -0.2) is 9.18 Å². The number of hydrogen-bond donors (Lipinski definition) is 0. The number of esters is 1. The third kappa shape index (κ3) is 3.48. The monoisotopic (exact) mass is 372 g/mol. The fourth-order valence-corrected chi connectivity index (χ4v) is 2.71. The summed E-state index contributed by atoms with van der Waals surface area (Å²) in [5, 5.41) is 0.475. The van der Waals surface area contributed by atoms with E-state index in [1.165, 1.54) is 32.4 Å². The van der Waals surface area contributed by atoms with Crippen molar-refractivity contribution >= 4 is 22.7 Å². The highest BCUT2D eigenvalue weighted by Crippen LogP contribution is 2.28. The Morgan fingerprint density at radius 1 is 1.11 bits per heavy atom. The van der Waals surface area contributed by atoms with Crippen molar-refractivity contribution in [2.24, 2.45) is 0 Å². The van der Waals surface area contributed by atoms with Crippen molar-refractivity contribution in [2.45, 2.75) is 6.92 Å². The van der Waals surface area contributed by atoms with E-state index < -0.39 is 24.2 Å². The van der Waals surface area contributed by atoms with E-state index in [0.717, 1.165) is 0 Å². The molecule has 0 unspecified atom stereocenters. The third-order valence-electron chi connectivity index (χ3n) is 4.14. The number of aryl methyl sites for hydroxylation is 1. The van der Waals surface area contributed by atoms with Gasteiger partial charge in [-0.15, -0.1) is 0 Å². The Labute approximate surface area is 154 Å². The number of carbonyl (C=O) groups excluding carboxylic acids is 2. The number of ketones is 1. The van der Waals surface area contributed by atoms with Crippen LogP contribution in [0, 0.1) is 12.7 Å². The molecule has 0 fully saturated rings. The molecule has 2 aromatic carbocycles. The van der Waals surface area contributed by atoms with Gasteiger partial charge in [-0.3, -0.25) is 4.79 Å². The first-order valence-corrected chi connectivity index (χ1v) is 8.06. The van der Waals surface area contributed by atoms with E-state index in [2.05, 4.69) is 0 Å². The minimum absolute atomic E-state index is 0.0252. The lowest BCUT2D eigenvalue weighted by Gasteiger charge is -2.09. The predicted octanol–water partition coefficient (Wildman–Crippen LogP) is 3.94. The number of benzene rings is 2. The number of halogens is 1. The zero-order chi connectivity index (χ0) is 19.6. The second-order valence-electron chi connectivity index (χ2n) is 5.74. The van der Waals surface area contributed by atoms with E-state index in [9.17, 15) is 14.0 Å². The van der Waals surface area contributed by atoms with Gasteiger partial charge >= 0.3 is 5.97 Å². The molecule has 0 N–H and O–H groups in total. The Morgan fingerprint density at radius 2 is 1.89 bits per heavy atom. The number of rotatable bonds is 6. The van der Waals surface area contributed by atoms with Gasteiger partial charge in [0.15, 0.2) is 18.0 Å². The average Bonchev–Trinajstić information content (AvgIpc) is 3.03. The Bertz CT molecular complexity index is 1020. The lowest BCUT2D eigenvalue weighted by Crippen LogP contribution is -2.15. The normalized spacial score (nSPS) is 10.7. The van der Waals surface area contributed by atoms with Crippen LogP contribution in [0.3, 0.4) is 0 Å². The van der Waals surface area contributed by atoms with Crippen LogP contribution < -0.4 is 9.47 Å². The highest BCUT2D eigenvalue weighted by atomic mass is 19.1. The Balaban J connectivity index is 1.79. The summed E-state index contributed by atoms with van der Waals surface area (Å²) in [7, 11) is 2.90. The molecule has 6 nitrogen and oxygen atoms in total. The van der Waals surface area contributed by atoms with E-state index in [0.29, 0.717) is 22.4 Å². The van der Waals surface area contributed by atoms with Gasteiger partial charge in [0.2, 0.25) is 11.5 Å². The van der Waals surface area contributed by atoms with Crippen molar-refractivity contribution in [3.63, 3.8) is 0 Å². The van der Waals surface area contributed by atoms with Gasteiger partial charge in [0.05, 0.1) is 19.8 Å². The van der Waals surface area contributed by atoms with Crippen LogP contribution >= 0.6 is 0 Å². The molecule has 3 aromatic rings. The molecule has 1 aromatic heterocycles. The summed E-state index contributed by atoms with van der Waals surface area (Å²) in [5.74, 6) is -1.24. The molecular weight excluding hydrogens is 355 g/mol. The molecule has 0 aliphatic rings. The number of para-hydroxylation sites is 1. The molecule has 7 heteroatoms. The van der Waals surface area contributed by atoms with Crippen LogP contribution in [0.1, 0.15) is 26.5 Å². The molecule has 0 saturated heterocycles. The number of furan rings is 1. The van der Waals surface area contributed by atoms with Crippen LogP contribution in [0.15, 0.2) is 40.8 Å². The smallest absolute Gasteiger partial charge is 0.375 e. The quantitative estimate of drug-likeness (QED) is 0.482. The number of hydrogen-bond acceptors (Lipinski definition) is 6. The van der Waals surface area contributed by atoms with Crippen molar-refractivity contribution in [3.8, 4) is 11.5 Å². The Kier molecular flexibility index (Phi) is 5.12. The Morgan fingerprint density at radius 3 is 2.56 bits per heavy atom. The van der Waals surface area contributed by atoms with Crippen molar-refractivity contribution < 1.29 is 32.6 Å². The van der Waals surface area contributed by atoms with Gasteiger partial charge in [-0.2, -0.15) is 0 Å². The Hall–Kier alpha value is -3.35. The second kappa shape index (κ2) is 7.49. The van der Waals surface area contributed by atoms with E-state index in [1.807, 2.05) is 0 Å². The van der Waals surface area contributed by atoms with Gasteiger partial charge < -0.3 is 18.6 Å². The molecule has 0 radical (unpaired) electrons. The SMILES string of the molecule is COc1ccc(OC)c(C(=O)COC(=O)c2oc3c(F)cccc3c2C)c1. The lowest BCUT2D eigenvalue weighted by atomic mass is 10.1. The summed E-state index contributed by atoms with van der Waals surface area (Å²) < 4.78 is 34.4. The highest BCUT2D eigenvalue weighted by Gasteiger charge is 2.22. The van der Waals surface area contributed by atoms with E-state index in [1.54, 1.807) is 25.1 Å². The van der Waals surface area contributed by atoms with Gasteiger partial charge in [0.25, 0.3) is 0 Å². The third-order valence-corrected chi connectivity index (χ3v) is 4.14. The first-order chi connectivity index (χ1) is 13.0. The number of carbonyl (C=O) groups is 2. The summed E-state index contributed by atoms with van der Waals surface area (Å²) in [4.78, 5) is 24.7. The van der Waals surface area contributed by atoms with Gasteiger partial charge in [-0.05, 0) is 31.2 Å². The summed E-state index contributed by atoms with van der Waals surface area (Å²) in [6.45, 7) is 1.09. The minimum Gasteiger partial charge on any atom is -0.497 e. The number of ether oxygens (including phenoxy) is 3. The highest BCUT2D eigenvalue weighted by molar-refractivity contribution is 6.02. The minimum atomic E-state index is -0.849. The largest absolute Gasteiger partial charge is 0.497 e. The van der Waals surface area contributed by atoms with Crippen LogP contribution in [-0.4, -0.2) is 32.6 Å². The standard InChI is InChI=1S/C20H17FO6/c1-11-13-5-4-6-15(21)19(13)27-18(11)20(23)26-10-16(22)14-9-12(24-2)7-8-17(14)25-3/h4-9H,10H2,1-3H3. The molecule has 0 saturated carbocycles. The molecule has 0 spiro atoms. The molecule has 3 rings (SSSR count). The molecule has 0 aliphatic heterocycles. The first kappa shape index (κ1) is 18.4. The van der Waals surface area contributed by atoms with Gasteiger partial charge in [0.1, 0.15) is 11.5 Å². The van der Waals surface area contributed by atoms with Crippen molar-refractivity contribution in [3.05, 3.63) is 59.1 Å². The van der Waals surface area contributed by atoms with Crippen molar-refractivity contribution in [1.82, 2.24) is 0 Å². The summed E-state index contributed by atoms with van der Waals surface area (Å²) in [6, 6.07) is 9.12. The number of fused-ring (bicyclic) bond motifs is 1. The predicted molar refractivity (Wildman–Crippen MR) is 95.1 cm³/mol. The van der Waals surface area contributed by atoms with Crippen molar-refractivity contribution in [1.29, 1.82) is 0 Å². The van der Waals surface area contributed by atoms with E-state index >= 15 is 0 Å². The maximum atomic E-state index is 13.8. The zero-order valence-electron chi connectivity index (χ0n) is 15.0. The van der Waals surface area contributed by atoms with E-state index in [-0.39, 0.29) is 16.9 Å². The zero-order valence-corrected chi connectivity index (χ0v) is 15.0. The van der Waals surface area contributed by atoms with Crippen LogP contribution in [0.2, 0.25) is 0 Å². The van der Waals surface area contributed by atoms with Gasteiger partial charge in [0, 0.05) is 10.9 Å². The molecule has 140 valence electrons. The lowest BCUT2D eigenvalue weighted by molar-refractivity contribution is 0.0444. The summed E-state index contributed by atoms with van der Waals surface area (Å²) in [5.41, 5.74) is 0.640. The summed E-state index contributed by atoms with van der Waals surface area (Å²) >= 11 is 0. The molecule has 0 bridgehead atoms. The maximum Gasteiger partial charge on any atom is 0.375 e. The fourth-order valence-electron chi connectivity index (χ4n) is 2.71. The molecule has 0 amide bonds.